The van der Waals surface area contributed by atoms with E-state index < -0.39 is 15.9 Å². The van der Waals surface area contributed by atoms with Gasteiger partial charge in [-0.15, -0.1) is 0 Å². The summed E-state index contributed by atoms with van der Waals surface area (Å²) in [4.78, 5) is 16.6. The van der Waals surface area contributed by atoms with Crippen LogP contribution in [-0.4, -0.2) is 55.9 Å². The van der Waals surface area contributed by atoms with E-state index in [2.05, 4.69) is 6.92 Å². The molecule has 2 atom stereocenters. The SMILES string of the molecule is CCc1ccc(N2C(=O)CN(CCc3ccccc3F)C3CS(=O)(=O)CC32)cc1. The Morgan fingerprint density at radius 2 is 1.72 bits per heavy atom. The molecule has 0 N–H and O–H groups in total. The van der Waals surface area contributed by atoms with Gasteiger partial charge in [0.25, 0.3) is 0 Å². The molecule has 2 aliphatic rings. The molecule has 29 heavy (non-hydrogen) atoms. The third-order valence-electron chi connectivity index (χ3n) is 5.95. The third-order valence-corrected chi connectivity index (χ3v) is 7.65. The number of anilines is 1. The summed E-state index contributed by atoms with van der Waals surface area (Å²) in [5.74, 6) is -0.383. The summed E-state index contributed by atoms with van der Waals surface area (Å²) in [7, 11) is -3.24. The number of hydrogen-bond donors (Lipinski definition) is 0. The van der Waals surface area contributed by atoms with Crippen molar-refractivity contribution in [2.75, 3.05) is 29.5 Å². The fourth-order valence-corrected chi connectivity index (χ4v) is 6.38. The molecular weight excluding hydrogens is 391 g/mol. The number of hydrogen-bond acceptors (Lipinski definition) is 4. The fourth-order valence-electron chi connectivity index (χ4n) is 4.40. The first kappa shape index (κ1) is 20.0. The number of piperazine rings is 1. The molecule has 2 unspecified atom stereocenters. The molecule has 1 amide bonds. The van der Waals surface area contributed by atoms with Crippen molar-refractivity contribution >= 4 is 21.4 Å². The summed E-state index contributed by atoms with van der Waals surface area (Å²) < 4.78 is 38.8. The first-order valence-electron chi connectivity index (χ1n) is 9.97. The molecule has 4 rings (SSSR count). The number of aryl methyl sites for hydroxylation is 1. The number of fused-ring (bicyclic) bond motifs is 1. The Hall–Kier alpha value is -2.25. The van der Waals surface area contributed by atoms with Crippen LogP contribution in [0.15, 0.2) is 48.5 Å². The Kier molecular flexibility index (Phi) is 5.44. The number of sulfone groups is 1. The highest BCUT2D eigenvalue weighted by Crippen LogP contribution is 2.32. The zero-order valence-corrected chi connectivity index (χ0v) is 17.2. The van der Waals surface area contributed by atoms with Gasteiger partial charge in [0.1, 0.15) is 5.82 Å². The molecule has 2 aromatic rings. The Morgan fingerprint density at radius 1 is 1.03 bits per heavy atom. The monoisotopic (exact) mass is 416 g/mol. The molecule has 2 heterocycles. The van der Waals surface area contributed by atoms with Gasteiger partial charge in [0, 0.05) is 18.3 Å². The molecule has 7 heteroatoms. The summed E-state index contributed by atoms with van der Waals surface area (Å²) >= 11 is 0. The van der Waals surface area contributed by atoms with Crippen LogP contribution in [0.2, 0.25) is 0 Å². The minimum absolute atomic E-state index is 0.0326. The molecule has 5 nitrogen and oxygen atoms in total. The summed E-state index contributed by atoms with van der Waals surface area (Å²) in [5, 5.41) is 0. The van der Waals surface area contributed by atoms with Gasteiger partial charge in [-0.2, -0.15) is 0 Å². The van der Waals surface area contributed by atoms with E-state index in [0.717, 1.165) is 12.1 Å². The molecule has 154 valence electrons. The number of carbonyl (C=O) groups is 1. The largest absolute Gasteiger partial charge is 0.306 e. The van der Waals surface area contributed by atoms with Crippen LogP contribution in [0.25, 0.3) is 0 Å². The predicted molar refractivity (Wildman–Crippen MR) is 111 cm³/mol. The van der Waals surface area contributed by atoms with Gasteiger partial charge in [-0.1, -0.05) is 37.3 Å². The molecule has 0 radical (unpaired) electrons. The van der Waals surface area contributed by atoms with Gasteiger partial charge in [-0.05, 0) is 42.2 Å². The molecule has 2 aliphatic heterocycles. The van der Waals surface area contributed by atoms with Crippen molar-refractivity contribution in [2.24, 2.45) is 0 Å². The van der Waals surface area contributed by atoms with Gasteiger partial charge in [-0.3, -0.25) is 9.69 Å². The fraction of sp³-hybridized carbons (Fsp3) is 0.409. The minimum atomic E-state index is -3.24. The number of carbonyl (C=O) groups excluding carboxylic acids is 1. The van der Waals surface area contributed by atoms with E-state index in [-0.39, 0.29) is 35.8 Å². The predicted octanol–water partition coefficient (Wildman–Crippen LogP) is 2.45. The van der Waals surface area contributed by atoms with E-state index in [1.54, 1.807) is 23.1 Å². The van der Waals surface area contributed by atoms with Crippen LogP contribution in [0.3, 0.4) is 0 Å². The van der Waals surface area contributed by atoms with Crippen LogP contribution in [-0.2, 0) is 27.5 Å². The van der Waals surface area contributed by atoms with Crippen LogP contribution in [0.4, 0.5) is 10.1 Å². The molecule has 2 aromatic carbocycles. The Labute approximate surface area is 171 Å². The van der Waals surface area contributed by atoms with Crippen molar-refractivity contribution in [1.82, 2.24) is 4.90 Å². The highest BCUT2D eigenvalue weighted by atomic mass is 32.2. The van der Waals surface area contributed by atoms with Gasteiger partial charge in [0.2, 0.25) is 5.91 Å². The van der Waals surface area contributed by atoms with Gasteiger partial charge in [-0.25, -0.2) is 12.8 Å². The topological polar surface area (TPSA) is 57.7 Å². The first-order valence-corrected chi connectivity index (χ1v) is 11.8. The average Bonchev–Trinajstić information content (AvgIpc) is 3.02. The molecule has 0 bridgehead atoms. The van der Waals surface area contributed by atoms with Crippen LogP contribution in [0.1, 0.15) is 18.1 Å². The molecule has 0 aliphatic carbocycles. The zero-order valence-electron chi connectivity index (χ0n) is 16.4. The Balaban J connectivity index is 1.58. The summed E-state index contributed by atoms with van der Waals surface area (Å²) in [6, 6.07) is 13.6. The number of benzene rings is 2. The molecular formula is C22H25FN2O3S. The quantitative estimate of drug-likeness (QED) is 0.751. The maximum atomic E-state index is 14.0. The van der Waals surface area contributed by atoms with Crippen molar-refractivity contribution in [3.8, 4) is 0 Å². The first-order chi connectivity index (χ1) is 13.9. The summed E-state index contributed by atoms with van der Waals surface area (Å²) in [6.45, 7) is 2.65. The van der Waals surface area contributed by atoms with E-state index in [0.29, 0.717) is 18.5 Å². The normalized spacial score (nSPS) is 23.9. The smallest absolute Gasteiger partial charge is 0.241 e. The van der Waals surface area contributed by atoms with Crippen LogP contribution in [0, 0.1) is 5.82 Å². The number of amides is 1. The van der Waals surface area contributed by atoms with E-state index in [1.807, 2.05) is 29.2 Å². The Morgan fingerprint density at radius 3 is 2.41 bits per heavy atom. The van der Waals surface area contributed by atoms with E-state index in [1.165, 1.54) is 11.6 Å². The molecule has 2 saturated heterocycles. The maximum Gasteiger partial charge on any atom is 0.241 e. The van der Waals surface area contributed by atoms with Crippen molar-refractivity contribution in [3.63, 3.8) is 0 Å². The van der Waals surface area contributed by atoms with Crippen LogP contribution < -0.4 is 4.90 Å². The highest BCUT2D eigenvalue weighted by molar-refractivity contribution is 7.91. The van der Waals surface area contributed by atoms with E-state index in [4.69, 9.17) is 0 Å². The van der Waals surface area contributed by atoms with Crippen molar-refractivity contribution in [1.29, 1.82) is 0 Å². The lowest BCUT2D eigenvalue weighted by Gasteiger charge is -2.43. The average molecular weight is 417 g/mol. The van der Waals surface area contributed by atoms with Gasteiger partial charge >= 0.3 is 0 Å². The number of halogens is 1. The van der Waals surface area contributed by atoms with Crippen molar-refractivity contribution < 1.29 is 17.6 Å². The molecule has 0 aromatic heterocycles. The van der Waals surface area contributed by atoms with E-state index >= 15 is 0 Å². The lowest BCUT2D eigenvalue weighted by molar-refractivity contribution is -0.123. The van der Waals surface area contributed by atoms with Gasteiger partial charge in [0.05, 0.1) is 24.1 Å². The van der Waals surface area contributed by atoms with Gasteiger partial charge in [0.15, 0.2) is 9.84 Å². The third kappa shape index (κ3) is 4.07. The van der Waals surface area contributed by atoms with Crippen LogP contribution in [0.5, 0.6) is 0 Å². The lowest BCUT2D eigenvalue weighted by atomic mass is 10.0. The van der Waals surface area contributed by atoms with E-state index in [9.17, 15) is 17.6 Å². The molecule has 0 spiro atoms. The summed E-state index contributed by atoms with van der Waals surface area (Å²) in [5.41, 5.74) is 2.49. The zero-order chi connectivity index (χ0) is 20.6. The summed E-state index contributed by atoms with van der Waals surface area (Å²) in [6.07, 6.45) is 1.34. The maximum absolute atomic E-state index is 14.0. The van der Waals surface area contributed by atoms with Crippen molar-refractivity contribution in [2.45, 2.75) is 31.8 Å². The second kappa shape index (κ2) is 7.88. The lowest BCUT2D eigenvalue weighted by Crippen LogP contribution is -2.62. The number of nitrogens with zero attached hydrogens (tertiary/aromatic N) is 2. The minimum Gasteiger partial charge on any atom is -0.306 e. The second-order valence-corrected chi connectivity index (χ2v) is 9.96. The highest BCUT2D eigenvalue weighted by Gasteiger charge is 2.49. The molecule has 2 fully saturated rings. The number of rotatable bonds is 5. The van der Waals surface area contributed by atoms with Crippen molar-refractivity contribution in [3.05, 3.63) is 65.5 Å². The second-order valence-electron chi connectivity index (χ2n) is 7.81. The standard InChI is InChI=1S/C22H25FN2O3S/c1-2-16-7-9-18(10-8-16)25-21-15-29(27,28)14-20(21)24(13-22(25)26)12-11-17-5-3-4-6-19(17)23/h3-10,20-21H,2,11-15H2,1H3. The molecule has 0 saturated carbocycles. The Bertz CT molecular complexity index is 1010. The van der Waals surface area contributed by atoms with Gasteiger partial charge < -0.3 is 4.90 Å². The van der Waals surface area contributed by atoms with Crippen LogP contribution >= 0.6 is 0 Å².